The Balaban J connectivity index is 3.02. The number of rotatable bonds is 4. The van der Waals surface area contributed by atoms with Crippen molar-refractivity contribution in [2.24, 2.45) is 5.84 Å². The van der Waals surface area contributed by atoms with Crippen molar-refractivity contribution < 1.29 is 13.5 Å². The molecular weight excluding hydrogens is 192 g/mol. The molecule has 6 heteroatoms. The van der Waals surface area contributed by atoms with Crippen LogP contribution in [0.15, 0.2) is 18.3 Å². The van der Waals surface area contributed by atoms with Gasteiger partial charge in [0, 0.05) is 6.20 Å². The molecule has 0 saturated heterocycles. The third-order valence-electron chi connectivity index (χ3n) is 1.75. The Morgan fingerprint density at radius 3 is 2.79 bits per heavy atom. The fraction of sp³-hybridized carbons (Fsp3) is 0.375. The topological polar surface area (TPSA) is 60.2 Å². The van der Waals surface area contributed by atoms with E-state index in [1.807, 2.05) is 5.43 Å². The average Bonchev–Trinajstić information content (AvgIpc) is 2.19. The van der Waals surface area contributed by atoms with Crippen LogP contribution >= 0.6 is 0 Å². The highest BCUT2D eigenvalue weighted by Crippen LogP contribution is 2.25. The largest absolute Gasteiger partial charge is 0.495 e. The Hall–Kier alpha value is -1.27. The van der Waals surface area contributed by atoms with Crippen molar-refractivity contribution in [1.82, 2.24) is 10.4 Å². The van der Waals surface area contributed by atoms with E-state index >= 15 is 0 Å². The molecule has 1 unspecified atom stereocenters. The van der Waals surface area contributed by atoms with E-state index in [0.717, 1.165) is 0 Å². The van der Waals surface area contributed by atoms with E-state index in [0.29, 0.717) is 0 Å². The average molecular weight is 203 g/mol. The first-order valence-corrected chi connectivity index (χ1v) is 3.94. The van der Waals surface area contributed by atoms with Gasteiger partial charge in [-0.2, -0.15) is 0 Å². The number of pyridine rings is 1. The van der Waals surface area contributed by atoms with Crippen LogP contribution in [0.4, 0.5) is 8.78 Å². The first-order valence-electron chi connectivity index (χ1n) is 3.94. The Kier molecular flexibility index (Phi) is 3.73. The van der Waals surface area contributed by atoms with E-state index in [2.05, 4.69) is 4.98 Å². The molecule has 0 fully saturated rings. The summed E-state index contributed by atoms with van der Waals surface area (Å²) in [6.07, 6.45) is -1.23. The van der Waals surface area contributed by atoms with Crippen molar-refractivity contribution in [3.63, 3.8) is 0 Å². The highest BCUT2D eigenvalue weighted by Gasteiger charge is 2.25. The lowest BCUT2D eigenvalue weighted by Gasteiger charge is -2.16. The van der Waals surface area contributed by atoms with E-state index in [1.165, 1.54) is 13.3 Å². The van der Waals surface area contributed by atoms with Gasteiger partial charge in [0.15, 0.2) is 0 Å². The van der Waals surface area contributed by atoms with Crippen LogP contribution < -0.4 is 16.0 Å². The molecule has 0 aliphatic carbocycles. The molecule has 0 saturated carbocycles. The maximum absolute atomic E-state index is 12.5. The van der Waals surface area contributed by atoms with Gasteiger partial charge in [0.05, 0.1) is 7.11 Å². The van der Waals surface area contributed by atoms with E-state index in [-0.39, 0.29) is 11.4 Å². The van der Waals surface area contributed by atoms with Gasteiger partial charge in [0.25, 0.3) is 6.43 Å². The minimum atomic E-state index is -2.64. The summed E-state index contributed by atoms with van der Waals surface area (Å²) < 4.78 is 29.8. The summed E-state index contributed by atoms with van der Waals surface area (Å²) in [6, 6.07) is 1.84. The van der Waals surface area contributed by atoms with Gasteiger partial charge in [-0.15, -0.1) is 0 Å². The van der Waals surface area contributed by atoms with Gasteiger partial charge in [-0.05, 0) is 12.1 Å². The number of nitrogens with zero attached hydrogens (tertiary/aromatic N) is 1. The Morgan fingerprint density at radius 2 is 2.29 bits per heavy atom. The maximum atomic E-state index is 12.5. The number of ether oxygens (including phenoxy) is 1. The summed E-state index contributed by atoms with van der Waals surface area (Å²) in [7, 11) is 1.39. The smallest absolute Gasteiger partial charge is 0.260 e. The SMILES string of the molecule is COc1cccnc1C(NN)C(F)F. The number of methoxy groups -OCH3 is 1. The zero-order valence-electron chi connectivity index (χ0n) is 7.58. The fourth-order valence-corrected chi connectivity index (χ4v) is 1.08. The molecule has 1 heterocycles. The van der Waals surface area contributed by atoms with Crippen molar-refractivity contribution in [3.8, 4) is 5.75 Å². The zero-order chi connectivity index (χ0) is 10.6. The van der Waals surface area contributed by atoms with Gasteiger partial charge in [0.1, 0.15) is 17.5 Å². The van der Waals surface area contributed by atoms with Crippen molar-refractivity contribution >= 4 is 0 Å². The van der Waals surface area contributed by atoms with Crippen molar-refractivity contribution in [2.45, 2.75) is 12.5 Å². The Morgan fingerprint density at radius 1 is 1.57 bits per heavy atom. The predicted octanol–water partition coefficient (Wildman–Crippen LogP) is 0.860. The van der Waals surface area contributed by atoms with E-state index in [4.69, 9.17) is 10.6 Å². The molecule has 0 bridgehead atoms. The molecule has 0 spiro atoms. The minimum Gasteiger partial charge on any atom is -0.495 e. The van der Waals surface area contributed by atoms with Crippen LogP contribution in [0.25, 0.3) is 0 Å². The predicted molar refractivity (Wildman–Crippen MR) is 46.9 cm³/mol. The molecule has 1 aromatic heterocycles. The molecule has 14 heavy (non-hydrogen) atoms. The van der Waals surface area contributed by atoms with Crippen LogP contribution in [0.3, 0.4) is 0 Å². The summed E-state index contributed by atoms with van der Waals surface area (Å²) in [5, 5.41) is 0. The lowest BCUT2D eigenvalue weighted by Crippen LogP contribution is -2.33. The molecule has 1 atom stereocenters. The molecule has 0 amide bonds. The highest BCUT2D eigenvalue weighted by molar-refractivity contribution is 5.29. The number of hydrazine groups is 1. The fourth-order valence-electron chi connectivity index (χ4n) is 1.08. The second-order valence-corrected chi connectivity index (χ2v) is 2.57. The second-order valence-electron chi connectivity index (χ2n) is 2.57. The molecular formula is C8H11F2N3O. The lowest BCUT2D eigenvalue weighted by atomic mass is 10.2. The molecule has 0 aliphatic rings. The third-order valence-corrected chi connectivity index (χ3v) is 1.75. The molecule has 4 nitrogen and oxygen atoms in total. The van der Waals surface area contributed by atoms with E-state index in [9.17, 15) is 8.78 Å². The first-order chi connectivity index (χ1) is 6.70. The Bertz CT molecular complexity index is 296. The van der Waals surface area contributed by atoms with E-state index in [1.54, 1.807) is 12.1 Å². The quantitative estimate of drug-likeness (QED) is 0.562. The number of aromatic nitrogens is 1. The van der Waals surface area contributed by atoms with Crippen LogP contribution in [-0.4, -0.2) is 18.5 Å². The summed E-state index contributed by atoms with van der Waals surface area (Å²) in [5.41, 5.74) is 2.10. The summed E-state index contributed by atoms with van der Waals surface area (Å²) in [5.74, 6) is 5.29. The third kappa shape index (κ3) is 2.15. The molecule has 78 valence electrons. The number of hydrogen-bond acceptors (Lipinski definition) is 4. The number of halogens is 2. The second kappa shape index (κ2) is 4.83. The van der Waals surface area contributed by atoms with Crippen LogP contribution in [0, 0.1) is 0 Å². The highest BCUT2D eigenvalue weighted by atomic mass is 19.3. The van der Waals surface area contributed by atoms with Gasteiger partial charge in [-0.25, -0.2) is 14.2 Å². The van der Waals surface area contributed by atoms with Gasteiger partial charge in [-0.1, -0.05) is 0 Å². The van der Waals surface area contributed by atoms with Crippen molar-refractivity contribution in [2.75, 3.05) is 7.11 Å². The monoisotopic (exact) mass is 203 g/mol. The van der Waals surface area contributed by atoms with Crippen LogP contribution in [0.1, 0.15) is 11.7 Å². The minimum absolute atomic E-state index is 0.104. The molecule has 0 radical (unpaired) electrons. The standard InChI is InChI=1S/C8H11F2N3O/c1-14-5-3-2-4-12-6(5)7(13-11)8(9)10/h2-4,7-8,13H,11H2,1H3. The molecule has 3 N–H and O–H groups in total. The number of alkyl halides is 2. The number of nitrogens with one attached hydrogen (secondary N) is 1. The lowest BCUT2D eigenvalue weighted by molar-refractivity contribution is 0.0953. The molecule has 0 aliphatic heterocycles. The molecule has 1 aromatic rings. The van der Waals surface area contributed by atoms with Gasteiger partial charge >= 0.3 is 0 Å². The van der Waals surface area contributed by atoms with Crippen molar-refractivity contribution in [3.05, 3.63) is 24.0 Å². The van der Waals surface area contributed by atoms with Crippen molar-refractivity contribution in [1.29, 1.82) is 0 Å². The van der Waals surface area contributed by atoms with Crippen LogP contribution in [-0.2, 0) is 0 Å². The van der Waals surface area contributed by atoms with Crippen LogP contribution in [0.2, 0.25) is 0 Å². The maximum Gasteiger partial charge on any atom is 0.260 e. The summed E-state index contributed by atoms with van der Waals surface area (Å²) in [4.78, 5) is 3.79. The number of hydrogen-bond donors (Lipinski definition) is 2. The summed E-state index contributed by atoms with van der Waals surface area (Å²) in [6.45, 7) is 0. The Labute approximate surface area is 80.1 Å². The first kappa shape index (κ1) is 10.8. The molecule has 0 aromatic carbocycles. The number of nitrogens with two attached hydrogens (primary N) is 1. The van der Waals surface area contributed by atoms with Gasteiger partial charge in [-0.3, -0.25) is 10.8 Å². The zero-order valence-corrected chi connectivity index (χ0v) is 7.58. The van der Waals surface area contributed by atoms with Gasteiger partial charge in [0.2, 0.25) is 0 Å². The normalized spacial score (nSPS) is 12.9. The summed E-state index contributed by atoms with van der Waals surface area (Å²) >= 11 is 0. The molecule has 1 rings (SSSR count). The van der Waals surface area contributed by atoms with Gasteiger partial charge < -0.3 is 4.74 Å². The van der Waals surface area contributed by atoms with Crippen LogP contribution in [0.5, 0.6) is 5.75 Å². The van der Waals surface area contributed by atoms with E-state index < -0.39 is 12.5 Å².